The van der Waals surface area contributed by atoms with Gasteiger partial charge < -0.3 is 9.64 Å². The van der Waals surface area contributed by atoms with Gasteiger partial charge in [0, 0.05) is 19.8 Å². The molecule has 0 fully saturated rings. The lowest BCUT2D eigenvalue weighted by molar-refractivity contribution is 0.153. The second kappa shape index (κ2) is 6.62. The topological polar surface area (TPSA) is 12.5 Å². The van der Waals surface area contributed by atoms with E-state index in [9.17, 15) is 0 Å². The van der Waals surface area contributed by atoms with Crippen molar-refractivity contribution in [1.29, 1.82) is 0 Å². The molecule has 0 rings (SSSR count). The van der Waals surface area contributed by atoms with E-state index in [2.05, 4.69) is 25.8 Å². The van der Waals surface area contributed by atoms with Gasteiger partial charge in [-0.2, -0.15) is 0 Å². The van der Waals surface area contributed by atoms with Crippen molar-refractivity contribution in [3.63, 3.8) is 0 Å². The number of rotatable bonds is 6. The Bertz CT molecular complexity index is 85.6. The molecule has 0 radical (unpaired) electrons. The van der Waals surface area contributed by atoms with Crippen molar-refractivity contribution in [2.45, 2.75) is 32.7 Å². The van der Waals surface area contributed by atoms with Crippen LogP contribution in [0.3, 0.4) is 0 Å². The van der Waals surface area contributed by atoms with E-state index in [1.54, 1.807) is 7.11 Å². The summed E-state index contributed by atoms with van der Waals surface area (Å²) < 4.78 is 5.01. The standard InChI is InChI=1S/C9H21NO/c1-5-7-10(3)9(2)6-8-11-4/h9H,5-8H2,1-4H3. The van der Waals surface area contributed by atoms with Gasteiger partial charge in [0.25, 0.3) is 0 Å². The Morgan fingerprint density at radius 1 is 1.45 bits per heavy atom. The number of hydrogen-bond donors (Lipinski definition) is 0. The van der Waals surface area contributed by atoms with Crippen LogP contribution in [0.5, 0.6) is 0 Å². The maximum atomic E-state index is 5.01. The van der Waals surface area contributed by atoms with Gasteiger partial charge in [-0.15, -0.1) is 0 Å². The largest absolute Gasteiger partial charge is 0.385 e. The maximum Gasteiger partial charge on any atom is 0.0477 e. The molecule has 68 valence electrons. The summed E-state index contributed by atoms with van der Waals surface area (Å²) in [6.45, 7) is 6.51. The molecule has 0 aromatic carbocycles. The first kappa shape index (κ1) is 10.9. The van der Waals surface area contributed by atoms with E-state index in [1.807, 2.05) is 0 Å². The predicted octanol–water partition coefficient (Wildman–Crippen LogP) is 1.75. The fraction of sp³-hybridized carbons (Fsp3) is 1.00. The molecule has 0 aliphatic rings. The third kappa shape index (κ3) is 5.22. The lowest BCUT2D eigenvalue weighted by atomic mass is 10.2. The van der Waals surface area contributed by atoms with Crippen molar-refractivity contribution in [1.82, 2.24) is 4.90 Å². The van der Waals surface area contributed by atoms with E-state index in [0.29, 0.717) is 6.04 Å². The van der Waals surface area contributed by atoms with Crippen molar-refractivity contribution < 1.29 is 4.74 Å². The highest BCUT2D eigenvalue weighted by molar-refractivity contribution is 4.61. The average molecular weight is 159 g/mol. The van der Waals surface area contributed by atoms with E-state index < -0.39 is 0 Å². The zero-order valence-corrected chi connectivity index (χ0v) is 8.26. The van der Waals surface area contributed by atoms with Crippen LogP contribution in [0, 0.1) is 0 Å². The second-order valence-corrected chi connectivity index (χ2v) is 3.11. The van der Waals surface area contributed by atoms with Gasteiger partial charge in [0.2, 0.25) is 0 Å². The molecule has 0 saturated carbocycles. The van der Waals surface area contributed by atoms with Gasteiger partial charge in [-0.1, -0.05) is 6.92 Å². The van der Waals surface area contributed by atoms with Crippen molar-refractivity contribution in [2.75, 3.05) is 27.3 Å². The van der Waals surface area contributed by atoms with Gasteiger partial charge in [0.1, 0.15) is 0 Å². The first-order valence-corrected chi connectivity index (χ1v) is 4.41. The molecule has 0 aromatic rings. The highest BCUT2D eigenvalue weighted by Gasteiger charge is 2.06. The SMILES string of the molecule is CCCN(C)C(C)CCOC. The van der Waals surface area contributed by atoms with E-state index in [0.717, 1.165) is 13.0 Å². The molecule has 0 aliphatic heterocycles. The Labute approximate surface area is 70.5 Å². The molecule has 2 heteroatoms. The molecule has 0 aliphatic carbocycles. The van der Waals surface area contributed by atoms with E-state index in [1.165, 1.54) is 13.0 Å². The summed E-state index contributed by atoms with van der Waals surface area (Å²) >= 11 is 0. The van der Waals surface area contributed by atoms with Crippen LogP contribution in [0.15, 0.2) is 0 Å². The second-order valence-electron chi connectivity index (χ2n) is 3.11. The smallest absolute Gasteiger partial charge is 0.0477 e. The van der Waals surface area contributed by atoms with Gasteiger partial charge in [-0.3, -0.25) is 0 Å². The summed E-state index contributed by atoms with van der Waals surface area (Å²) in [4.78, 5) is 2.37. The zero-order chi connectivity index (χ0) is 8.69. The van der Waals surface area contributed by atoms with Crippen LogP contribution < -0.4 is 0 Å². The van der Waals surface area contributed by atoms with Crippen molar-refractivity contribution in [3.05, 3.63) is 0 Å². The summed E-state index contributed by atoms with van der Waals surface area (Å²) in [6, 6.07) is 0.648. The minimum atomic E-state index is 0.648. The molecule has 0 aromatic heterocycles. The quantitative estimate of drug-likeness (QED) is 0.585. The Balaban J connectivity index is 3.38. The summed E-state index contributed by atoms with van der Waals surface area (Å²) in [5.41, 5.74) is 0. The minimum absolute atomic E-state index is 0.648. The third-order valence-corrected chi connectivity index (χ3v) is 2.07. The van der Waals surface area contributed by atoms with Crippen molar-refractivity contribution in [3.8, 4) is 0 Å². The molecule has 11 heavy (non-hydrogen) atoms. The zero-order valence-electron chi connectivity index (χ0n) is 8.26. The Kier molecular flexibility index (Phi) is 6.57. The monoisotopic (exact) mass is 159 g/mol. The molecule has 1 atom stereocenters. The predicted molar refractivity (Wildman–Crippen MR) is 48.9 cm³/mol. The fourth-order valence-electron chi connectivity index (χ4n) is 1.08. The third-order valence-electron chi connectivity index (χ3n) is 2.07. The molecule has 0 spiro atoms. The summed E-state index contributed by atoms with van der Waals surface area (Å²) in [7, 11) is 3.93. The first-order valence-electron chi connectivity index (χ1n) is 4.41. The highest BCUT2D eigenvalue weighted by atomic mass is 16.5. The molecule has 1 unspecified atom stereocenters. The number of methoxy groups -OCH3 is 1. The van der Waals surface area contributed by atoms with E-state index >= 15 is 0 Å². The Morgan fingerprint density at radius 3 is 2.55 bits per heavy atom. The molecule has 0 saturated heterocycles. The van der Waals surface area contributed by atoms with E-state index in [4.69, 9.17) is 4.74 Å². The molecule has 0 N–H and O–H groups in total. The van der Waals surface area contributed by atoms with Crippen LogP contribution in [-0.2, 0) is 4.74 Å². The van der Waals surface area contributed by atoms with Crippen LogP contribution in [0.25, 0.3) is 0 Å². The lowest BCUT2D eigenvalue weighted by Gasteiger charge is -2.23. The summed E-state index contributed by atoms with van der Waals surface area (Å²) in [6.07, 6.45) is 2.36. The van der Waals surface area contributed by atoms with Crippen molar-refractivity contribution >= 4 is 0 Å². The lowest BCUT2D eigenvalue weighted by Crippen LogP contribution is -2.30. The van der Waals surface area contributed by atoms with Gasteiger partial charge in [-0.25, -0.2) is 0 Å². The van der Waals surface area contributed by atoms with Gasteiger partial charge in [-0.05, 0) is 33.4 Å². The summed E-state index contributed by atoms with van der Waals surface area (Å²) in [5.74, 6) is 0. The fourth-order valence-corrected chi connectivity index (χ4v) is 1.08. The number of hydrogen-bond acceptors (Lipinski definition) is 2. The number of nitrogens with zero attached hydrogens (tertiary/aromatic N) is 1. The molecule has 0 heterocycles. The summed E-state index contributed by atoms with van der Waals surface area (Å²) in [5, 5.41) is 0. The van der Waals surface area contributed by atoms with E-state index in [-0.39, 0.29) is 0 Å². The molecular weight excluding hydrogens is 138 g/mol. The molecule has 2 nitrogen and oxygen atoms in total. The Morgan fingerprint density at radius 2 is 2.09 bits per heavy atom. The van der Waals surface area contributed by atoms with Crippen LogP contribution in [0.4, 0.5) is 0 Å². The average Bonchev–Trinajstić information content (AvgIpc) is 2.00. The van der Waals surface area contributed by atoms with Crippen LogP contribution >= 0.6 is 0 Å². The highest BCUT2D eigenvalue weighted by Crippen LogP contribution is 2.01. The van der Waals surface area contributed by atoms with Gasteiger partial charge in [0.05, 0.1) is 0 Å². The first-order chi connectivity index (χ1) is 5.22. The van der Waals surface area contributed by atoms with Gasteiger partial charge >= 0.3 is 0 Å². The number of ether oxygens (including phenoxy) is 1. The van der Waals surface area contributed by atoms with Crippen LogP contribution in [0.2, 0.25) is 0 Å². The minimum Gasteiger partial charge on any atom is -0.385 e. The molecule has 0 amide bonds. The van der Waals surface area contributed by atoms with Gasteiger partial charge in [0.15, 0.2) is 0 Å². The maximum absolute atomic E-state index is 5.01. The molecule has 0 bridgehead atoms. The Hall–Kier alpha value is -0.0800. The van der Waals surface area contributed by atoms with Crippen LogP contribution in [-0.4, -0.2) is 38.3 Å². The molecular formula is C9H21NO. The van der Waals surface area contributed by atoms with Crippen LogP contribution in [0.1, 0.15) is 26.7 Å². The van der Waals surface area contributed by atoms with Crippen molar-refractivity contribution in [2.24, 2.45) is 0 Å². The normalized spacial score (nSPS) is 13.9.